The van der Waals surface area contributed by atoms with E-state index in [9.17, 15) is 9.59 Å². The van der Waals surface area contributed by atoms with Crippen LogP contribution in [0, 0.1) is 0 Å². The number of esters is 1. The molecule has 132 valence electrons. The van der Waals surface area contributed by atoms with Gasteiger partial charge in [-0.05, 0) is 37.0 Å². The summed E-state index contributed by atoms with van der Waals surface area (Å²) in [4.78, 5) is 23.9. The average Bonchev–Trinajstić information content (AvgIpc) is 2.61. The van der Waals surface area contributed by atoms with E-state index >= 15 is 0 Å². The molecule has 0 atom stereocenters. The minimum atomic E-state index is -0.437. The number of hydrogen-bond donors (Lipinski definition) is 2. The van der Waals surface area contributed by atoms with Gasteiger partial charge in [0.15, 0.2) is 0 Å². The van der Waals surface area contributed by atoms with E-state index in [1.165, 1.54) is 12.7 Å². The highest BCUT2D eigenvalue weighted by Crippen LogP contribution is 2.25. The van der Waals surface area contributed by atoms with E-state index < -0.39 is 5.54 Å². The summed E-state index contributed by atoms with van der Waals surface area (Å²) in [5, 5.41) is 6.15. The number of nitrogens with one attached hydrogen (secondary N) is 2. The van der Waals surface area contributed by atoms with Gasteiger partial charge in [-0.2, -0.15) is 0 Å². The van der Waals surface area contributed by atoms with E-state index in [0.717, 1.165) is 12.1 Å². The van der Waals surface area contributed by atoms with Crippen LogP contribution >= 0.6 is 0 Å². The molecule has 1 heterocycles. The summed E-state index contributed by atoms with van der Waals surface area (Å²) in [6, 6.07) is 7.80. The van der Waals surface area contributed by atoms with E-state index in [4.69, 9.17) is 9.47 Å². The highest BCUT2D eigenvalue weighted by Gasteiger charge is 2.35. The molecule has 1 aliphatic heterocycles. The second kappa shape index (κ2) is 8.80. The van der Waals surface area contributed by atoms with Gasteiger partial charge in [0.2, 0.25) is 5.91 Å². The van der Waals surface area contributed by atoms with Gasteiger partial charge in [0.1, 0.15) is 0 Å². The molecule has 2 N–H and O–H groups in total. The van der Waals surface area contributed by atoms with Crippen molar-refractivity contribution in [1.82, 2.24) is 5.32 Å². The Hall–Kier alpha value is -1.92. The zero-order valence-corrected chi connectivity index (χ0v) is 14.4. The molecule has 2 rings (SSSR count). The van der Waals surface area contributed by atoms with E-state index in [0.29, 0.717) is 26.1 Å². The van der Waals surface area contributed by atoms with Crippen LogP contribution in [0.15, 0.2) is 24.3 Å². The van der Waals surface area contributed by atoms with Crippen molar-refractivity contribution in [2.45, 2.75) is 38.1 Å². The Kier molecular flexibility index (Phi) is 6.75. The maximum atomic E-state index is 12.2. The Morgan fingerprint density at radius 2 is 2.04 bits per heavy atom. The van der Waals surface area contributed by atoms with Crippen LogP contribution in [0.5, 0.6) is 0 Å². The smallest absolute Gasteiger partial charge is 0.307 e. The molecule has 0 radical (unpaired) electrons. The molecule has 6 nitrogen and oxygen atoms in total. The van der Waals surface area contributed by atoms with Crippen molar-refractivity contribution < 1.29 is 19.1 Å². The molecule has 6 heteroatoms. The third-order valence-electron chi connectivity index (χ3n) is 4.40. The largest absolute Gasteiger partial charge is 0.469 e. The highest BCUT2D eigenvalue weighted by atomic mass is 16.5. The number of methoxy groups -OCH3 is 1. The van der Waals surface area contributed by atoms with Gasteiger partial charge in [0, 0.05) is 24.4 Å². The van der Waals surface area contributed by atoms with Gasteiger partial charge in [0.25, 0.3) is 0 Å². The molecule has 0 aromatic heterocycles. The van der Waals surface area contributed by atoms with Crippen LogP contribution in [0.2, 0.25) is 0 Å². The van der Waals surface area contributed by atoms with Gasteiger partial charge < -0.3 is 20.1 Å². The molecule has 0 saturated carbocycles. The van der Waals surface area contributed by atoms with E-state index in [1.807, 2.05) is 24.3 Å². The van der Waals surface area contributed by atoms with Crippen LogP contribution in [-0.4, -0.2) is 44.3 Å². The standard InChI is InChI=1S/C18H26N2O4/c1-3-14-5-4-6-15(11-14)20-16(21)13-19-18(12-17(22)23-2)7-9-24-10-8-18/h4-6,11,19H,3,7-10,12-13H2,1-2H3,(H,20,21). The second-order valence-corrected chi connectivity index (χ2v) is 6.10. The summed E-state index contributed by atoms with van der Waals surface area (Å²) in [7, 11) is 1.38. The third-order valence-corrected chi connectivity index (χ3v) is 4.40. The Labute approximate surface area is 142 Å². The molecule has 24 heavy (non-hydrogen) atoms. The van der Waals surface area contributed by atoms with E-state index in [1.54, 1.807) is 0 Å². The number of carbonyl (C=O) groups is 2. The van der Waals surface area contributed by atoms with Crippen molar-refractivity contribution in [2.75, 3.05) is 32.2 Å². The lowest BCUT2D eigenvalue weighted by molar-refractivity contribution is -0.143. The summed E-state index contributed by atoms with van der Waals surface area (Å²) in [6.45, 7) is 3.37. The highest BCUT2D eigenvalue weighted by molar-refractivity contribution is 5.92. The first-order valence-electron chi connectivity index (χ1n) is 8.35. The fourth-order valence-corrected chi connectivity index (χ4v) is 2.87. The number of ether oxygens (including phenoxy) is 2. The van der Waals surface area contributed by atoms with Gasteiger partial charge in [0.05, 0.1) is 20.1 Å². The van der Waals surface area contributed by atoms with Crippen LogP contribution < -0.4 is 10.6 Å². The SMILES string of the molecule is CCc1cccc(NC(=O)CNC2(CC(=O)OC)CCOCC2)c1. The Morgan fingerprint density at radius 3 is 2.71 bits per heavy atom. The van der Waals surface area contributed by atoms with Crippen LogP contribution in [0.4, 0.5) is 5.69 Å². The zero-order chi connectivity index (χ0) is 17.4. The number of carbonyl (C=O) groups excluding carboxylic acids is 2. The van der Waals surface area contributed by atoms with Crippen molar-refractivity contribution in [3.8, 4) is 0 Å². The van der Waals surface area contributed by atoms with Crippen LogP contribution in [-0.2, 0) is 25.5 Å². The molecule has 1 aromatic carbocycles. The van der Waals surface area contributed by atoms with Crippen molar-refractivity contribution in [3.05, 3.63) is 29.8 Å². The normalized spacial score (nSPS) is 16.4. The number of hydrogen-bond acceptors (Lipinski definition) is 5. The number of amides is 1. The minimum Gasteiger partial charge on any atom is -0.469 e. The quantitative estimate of drug-likeness (QED) is 0.745. The van der Waals surface area contributed by atoms with Gasteiger partial charge in [-0.1, -0.05) is 19.1 Å². The van der Waals surface area contributed by atoms with Crippen molar-refractivity contribution >= 4 is 17.6 Å². The second-order valence-electron chi connectivity index (χ2n) is 6.10. The molecule has 0 unspecified atom stereocenters. The van der Waals surface area contributed by atoms with Crippen LogP contribution in [0.1, 0.15) is 31.7 Å². The predicted octanol–water partition coefficient (Wildman–Crippen LogP) is 1.89. The van der Waals surface area contributed by atoms with Crippen molar-refractivity contribution in [2.24, 2.45) is 0 Å². The first kappa shape index (κ1) is 18.4. The first-order valence-corrected chi connectivity index (χ1v) is 8.35. The maximum Gasteiger partial charge on any atom is 0.307 e. The average molecular weight is 334 g/mol. The number of rotatable bonds is 7. The lowest BCUT2D eigenvalue weighted by Gasteiger charge is -2.37. The molecule has 1 aromatic rings. The zero-order valence-electron chi connectivity index (χ0n) is 14.4. The summed E-state index contributed by atoms with van der Waals surface area (Å²) in [6.07, 6.45) is 2.52. The fraction of sp³-hybridized carbons (Fsp3) is 0.556. The number of benzene rings is 1. The van der Waals surface area contributed by atoms with Crippen LogP contribution in [0.3, 0.4) is 0 Å². The molecule has 1 fully saturated rings. The summed E-state index contributed by atoms with van der Waals surface area (Å²) >= 11 is 0. The van der Waals surface area contributed by atoms with Crippen molar-refractivity contribution in [1.29, 1.82) is 0 Å². The molecule has 0 spiro atoms. The molecule has 0 bridgehead atoms. The van der Waals surface area contributed by atoms with Crippen LogP contribution in [0.25, 0.3) is 0 Å². The summed E-state index contributed by atoms with van der Waals surface area (Å²) in [5.74, 6) is -0.403. The van der Waals surface area contributed by atoms with Gasteiger partial charge in [-0.3, -0.25) is 9.59 Å². The number of anilines is 1. The third kappa shape index (κ3) is 5.32. The molecule has 1 aliphatic rings. The molecule has 1 amide bonds. The first-order chi connectivity index (χ1) is 11.6. The molecular weight excluding hydrogens is 308 g/mol. The molecular formula is C18H26N2O4. The van der Waals surface area contributed by atoms with Gasteiger partial charge in [-0.25, -0.2) is 0 Å². The van der Waals surface area contributed by atoms with E-state index in [2.05, 4.69) is 17.6 Å². The lowest BCUT2D eigenvalue weighted by Crippen LogP contribution is -2.53. The molecule has 0 aliphatic carbocycles. The Balaban J connectivity index is 1.92. The lowest BCUT2D eigenvalue weighted by atomic mass is 9.86. The minimum absolute atomic E-state index is 0.126. The molecule has 1 saturated heterocycles. The summed E-state index contributed by atoms with van der Waals surface area (Å²) in [5.41, 5.74) is 1.52. The Morgan fingerprint density at radius 1 is 1.29 bits per heavy atom. The van der Waals surface area contributed by atoms with Gasteiger partial charge >= 0.3 is 5.97 Å². The topological polar surface area (TPSA) is 76.7 Å². The van der Waals surface area contributed by atoms with E-state index in [-0.39, 0.29) is 24.8 Å². The summed E-state index contributed by atoms with van der Waals surface area (Å²) < 4.78 is 10.2. The maximum absolute atomic E-state index is 12.2. The Bertz CT molecular complexity index is 568. The fourth-order valence-electron chi connectivity index (χ4n) is 2.87. The van der Waals surface area contributed by atoms with Crippen molar-refractivity contribution in [3.63, 3.8) is 0 Å². The monoisotopic (exact) mass is 334 g/mol. The number of aryl methyl sites for hydroxylation is 1. The van der Waals surface area contributed by atoms with Gasteiger partial charge in [-0.15, -0.1) is 0 Å². The predicted molar refractivity (Wildman–Crippen MR) is 91.9 cm³/mol.